The van der Waals surface area contributed by atoms with Crippen LogP contribution < -0.4 is 16.1 Å². The number of carbonyl (C=O) groups excluding carboxylic acids is 3. The van der Waals surface area contributed by atoms with Crippen LogP contribution in [0.25, 0.3) is 0 Å². The maximum atomic E-state index is 14.7. The van der Waals surface area contributed by atoms with Crippen LogP contribution in [0.4, 0.5) is 9.18 Å². The second-order valence-electron chi connectivity index (χ2n) is 4.71. The summed E-state index contributed by atoms with van der Waals surface area (Å²) in [6.45, 7) is 0. The molecule has 2 atom stereocenters. The number of urea groups is 1. The number of rotatable bonds is 4. The maximum Gasteiger partial charge on any atom is 0.358 e. The number of nitrogens with one attached hydrogen (secondary N) is 3. The fraction of sp³-hybridized carbons (Fsp3) is 0.583. The number of imide groups is 1. The second-order valence-corrected chi connectivity index (χ2v) is 4.71. The first-order valence-electron chi connectivity index (χ1n) is 6.48. The van der Waals surface area contributed by atoms with E-state index in [9.17, 15) is 18.8 Å². The minimum Gasteiger partial charge on any atom is -0.466 e. The molecule has 1 aliphatic carbocycles. The Balaban J connectivity index is 2.12. The molecule has 0 spiro atoms. The lowest BCUT2D eigenvalue weighted by atomic mass is 10.0. The molecule has 0 aromatic carbocycles. The first-order chi connectivity index (χ1) is 9.98. The topological polar surface area (TPSA) is 106 Å². The van der Waals surface area contributed by atoms with Crippen molar-refractivity contribution in [3.8, 4) is 0 Å². The first kappa shape index (κ1) is 15.2. The highest BCUT2D eigenvalue weighted by Crippen LogP contribution is 2.23. The molecule has 0 bridgehead atoms. The molecular weight excluding hydrogens is 285 g/mol. The standard InChI is InChI=1S/C12H16FN3O5/c1-20-10(18)12(13)8(17)14-11(19)15-9(12)21-16-7-5-3-2-4-6-7/h5,9,16H,2-4,6H2,1H3,(H2,14,15,17,19). The van der Waals surface area contributed by atoms with E-state index in [1.165, 1.54) is 0 Å². The molecule has 1 fully saturated rings. The van der Waals surface area contributed by atoms with Gasteiger partial charge >= 0.3 is 17.7 Å². The smallest absolute Gasteiger partial charge is 0.358 e. The Labute approximate surface area is 120 Å². The summed E-state index contributed by atoms with van der Waals surface area (Å²) < 4.78 is 18.9. The molecule has 0 aromatic rings. The molecule has 1 heterocycles. The molecule has 2 rings (SSSR count). The molecule has 8 nitrogen and oxygen atoms in total. The summed E-state index contributed by atoms with van der Waals surface area (Å²) >= 11 is 0. The van der Waals surface area contributed by atoms with E-state index in [1.807, 2.05) is 11.4 Å². The van der Waals surface area contributed by atoms with E-state index in [2.05, 4.69) is 10.2 Å². The number of hydroxylamine groups is 1. The number of carbonyl (C=O) groups is 3. The minimum absolute atomic E-state index is 0.699. The van der Waals surface area contributed by atoms with Crippen molar-refractivity contribution < 1.29 is 28.3 Å². The normalized spacial score (nSPS) is 29.0. The van der Waals surface area contributed by atoms with Crippen LogP contribution in [0.5, 0.6) is 0 Å². The highest BCUT2D eigenvalue weighted by Gasteiger charge is 2.60. The summed E-state index contributed by atoms with van der Waals surface area (Å²) in [4.78, 5) is 39.4. The van der Waals surface area contributed by atoms with E-state index in [0.29, 0.717) is 12.1 Å². The fourth-order valence-corrected chi connectivity index (χ4v) is 2.09. The number of methoxy groups -OCH3 is 1. The molecule has 3 amide bonds. The Kier molecular flexibility index (Phi) is 4.41. The van der Waals surface area contributed by atoms with Crippen LogP contribution in [-0.4, -0.2) is 36.9 Å². The number of amides is 3. The number of halogens is 1. The Bertz CT molecular complexity index is 495. The van der Waals surface area contributed by atoms with E-state index in [4.69, 9.17) is 4.84 Å². The predicted octanol–water partition coefficient (Wildman–Crippen LogP) is 0.0123. The predicted molar refractivity (Wildman–Crippen MR) is 67.1 cm³/mol. The van der Waals surface area contributed by atoms with Gasteiger partial charge in [0.25, 0.3) is 5.91 Å². The summed E-state index contributed by atoms with van der Waals surface area (Å²) in [5, 5.41) is 3.70. The number of allylic oxidation sites excluding steroid dienone is 2. The maximum absolute atomic E-state index is 14.7. The third-order valence-corrected chi connectivity index (χ3v) is 3.26. The van der Waals surface area contributed by atoms with E-state index < -0.39 is 29.8 Å². The van der Waals surface area contributed by atoms with Gasteiger partial charge in [0, 0.05) is 5.70 Å². The molecule has 116 valence electrons. The molecule has 1 saturated heterocycles. The number of hydrogen-bond donors (Lipinski definition) is 3. The first-order valence-corrected chi connectivity index (χ1v) is 6.48. The van der Waals surface area contributed by atoms with Crippen molar-refractivity contribution in [2.75, 3.05) is 7.11 Å². The zero-order valence-electron chi connectivity index (χ0n) is 11.4. The highest BCUT2D eigenvalue weighted by molar-refractivity contribution is 6.13. The van der Waals surface area contributed by atoms with Crippen LogP contribution in [0.3, 0.4) is 0 Å². The van der Waals surface area contributed by atoms with Gasteiger partial charge in [-0.05, 0) is 25.7 Å². The van der Waals surface area contributed by atoms with E-state index in [-0.39, 0.29) is 0 Å². The number of hydrogen-bond acceptors (Lipinski definition) is 6. The molecular formula is C12H16FN3O5. The molecule has 3 N–H and O–H groups in total. The van der Waals surface area contributed by atoms with Crippen LogP contribution in [0.15, 0.2) is 11.8 Å². The molecule has 0 aromatic heterocycles. The van der Waals surface area contributed by atoms with Gasteiger partial charge in [-0.3, -0.25) is 15.6 Å². The zero-order valence-corrected chi connectivity index (χ0v) is 11.4. The Morgan fingerprint density at radius 2 is 2.24 bits per heavy atom. The quantitative estimate of drug-likeness (QED) is 0.384. The minimum atomic E-state index is -3.16. The highest BCUT2D eigenvalue weighted by atomic mass is 19.1. The van der Waals surface area contributed by atoms with Crippen molar-refractivity contribution in [1.82, 2.24) is 16.1 Å². The van der Waals surface area contributed by atoms with Gasteiger partial charge in [0.15, 0.2) is 0 Å². The van der Waals surface area contributed by atoms with Crippen LogP contribution in [-0.2, 0) is 19.2 Å². The van der Waals surface area contributed by atoms with Gasteiger partial charge in [-0.15, -0.1) is 0 Å². The Hall–Kier alpha value is -2.16. The van der Waals surface area contributed by atoms with Gasteiger partial charge in [0.2, 0.25) is 6.23 Å². The molecule has 9 heteroatoms. The average Bonchev–Trinajstić information content (AvgIpc) is 2.49. The molecule has 0 radical (unpaired) electrons. The van der Waals surface area contributed by atoms with Crippen molar-refractivity contribution in [2.45, 2.75) is 37.6 Å². The summed E-state index contributed by atoms with van der Waals surface area (Å²) in [7, 11) is 0.932. The Morgan fingerprint density at radius 3 is 2.86 bits per heavy atom. The van der Waals surface area contributed by atoms with Crippen molar-refractivity contribution in [2.24, 2.45) is 0 Å². The van der Waals surface area contributed by atoms with E-state index in [0.717, 1.165) is 26.4 Å². The van der Waals surface area contributed by atoms with Gasteiger partial charge in [-0.2, -0.15) is 0 Å². The monoisotopic (exact) mass is 301 g/mol. The van der Waals surface area contributed by atoms with Gasteiger partial charge < -0.3 is 10.1 Å². The molecule has 1 aliphatic heterocycles. The third kappa shape index (κ3) is 2.97. The zero-order chi connectivity index (χ0) is 15.5. The second kappa shape index (κ2) is 6.08. The van der Waals surface area contributed by atoms with Crippen molar-refractivity contribution in [3.63, 3.8) is 0 Å². The third-order valence-electron chi connectivity index (χ3n) is 3.26. The van der Waals surface area contributed by atoms with Gasteiger partial charge in [-0.25, -0.2) is 18.8 Å². The average molecular weight is 301 g/mol. The molecule has 0 saturated carbocycles. The van der Waals surface area contributed by atoms with Gasteiger partial charge in [0.05, 0.1) is 7.11 Å². The van der Waals surface area contributed by atoms with Gasteiger partial charge in [-0.1, -0.05) is 6.08 Å². The number of esters is 1. The molecule has 21 heavy (non-hydrogen) atoms. The largest absolute Gasteiger partial charge is 0.466 e. The summed E-state index contributed by atoms with van der Waals surface area (Å²) in [5.74, 6) is -2.88. The van der Waals surface area contributed by atoms with Crippen LogP contribution in [0, 0.1) is 0 Å². The van der Waals surface area contributed by atoms with Crippen molar-refractivity contribution in [1.29, 1.82) is 0 Å². The van der Waals surface area contributed by atoms with Crippen molar-refractivity contribution in [3.05, 3.63) is 11.8 Å². The number of ether oxygens (including phenoxy) is 1. The molecule has 2 unspecified atom stereocenters. The Morgan fingerprint density at radius 1 is 1.48 bits per heavy atom. The van der Waals surface area contributed by atoms with E-state index in [1.54, 1.807) is 5.32 Å². The van der Waals surface area contributed by atoms with Gasteiger partial charge in [0.1, 0.15) is 0 Å². The SMILES string of the molecule is COC(=O)C1(F)C(=O)NC(=O)NC1ONC1=CCCCC1. The lowest BCUT2D eigenvalue weighted by Gasteiger charge is -2.34. The summed E-state index contributed by atoms with van der Waals surface area (Å²) in [6, 6.07) is -0.957. The van der Waals surface area contributed by atoms with Crippen LogP contribution in [0.1, 0.15) is 25.7 Å². The number of alkyl halides is 1. The van der Waals surface area contributed by atoms with Crippen LogP contribution in [0.2, 0.25) is 0 Å². The fourth-order valence-electron chi connectivity index (χ4n) is 2.09. The summed E-state index contributed by atoms with van der Waals surface area (Å²) in [6.07, 6.45) is 3.58. The summed E-state index contributed by atoms with van der Waals surface area (Å²) in [5.41, 5.74) is 0.0259. The van der Waals surface area contributed by atoms with E-state index >= 15 is 0 Å². The molecule has 2 aliphatic rings. The lowest BCUT2D eigenvalue weighted by Crippen LogP contribution is -2.71. The van der Waals surface area contributed by atoms with Crippen LogP contribution >= 0.6 is 0 Å². The van der Waals surface area contributed by atoms with Crippen molar-refractivity contribution >= 4 is 17.9 Å². The lowest BCUT2D eigenvalue weighted by molar-refractivity contribution is -0.182.